The van der Waals surface area contributed by atoms with Crippen molar-refractivity contribution in [2.75, 3.05) is 5.32 Å². The van der Waals surface area contributed by atoms with Crippen molar-refractivity contribution in [1.29, 1.82) is 0 Å². The molecule has 1 saturated carbocycles. The summed E-state index contributed by atoms with van der Waals surface area (Å²) >= 11 is 0. The van der Waals surface area contributed by atoms with Gasteiger partial charge in [-0.3, -0.25) is 4.98 Å². The van der Waals surface area contributed by atoms with Crippen molar-refractivity contribution in [2.45, 2.75) is 50.8 Å². The number of aliphatic hydroxyl groups is 1. The van der Waals surface area contributed by atoms with Gasteiger partial charge in [-0.1, -0.05) is 36.4 Å². The first-order chi connectivity index (χ1) is 13.1. The van der Waals surface area contributed by atoms with Crippen LogP contribution in [-0.2, 0) is 12.1 Å². The van der Waals surface area contributed by atoms with E-state index in [-0.39, 0.29) is 0 Å². The van der Waals surface area contributed by atoms with Gasteiger partial charge < -0.3 is 10.4 Å². The number of nitrogens with one attached hydrogen (secondary N) is 1. The summed E-state index contributed by atoms with van der Waals surface area (Å²) in [6.07, 6.45) is 5.20. The largest absolute Gasteiger partial charge is 0.385 e. The zero-order valence-corrected chi connectivity index (χ0v) is 15.7. The van der Waals surface area contributed by atoms with Crippen LogP contribution < -0.4 is 5.32 Å². The van der Waals surface area contributed by atoms with E-state index in [1.54, 1.807) is 0 Å². The molecule has 27 heavy (non-hydrogen) atoms. The summed E-state index contributed by atoms with van der Waals surface area (Å²) in [5, 5.41) is 19.3. The number of aromatic nitrogens is 3. The maximum atomic E-state index is 11.0. The van der Waals surface area contributed by atoms with Gasteiger partial charge in [0, 0.05) is 18.3 Å². The summed E-state index contributed by atoms with van der Waals surface area (Å²) in [6, 6.07) is 18.4. The molecule has 2 N–H and O–H groups in total. The lowest BCUT2D eigenvalue weighted by Crippen LogP contribution is -2.36. The quantitative estimate of drug-likeness (QED) is 0.723. The van der Waals surface area contributed by atoms with E-state index < -0.39 is 5.60 Å². The first kappa shape index (κ1) is 17.7. The molecule has 1 fully saturated rings. The molecule has 0 radical (unpaired) electrons. The van der Waals surface area contributed by atoms with Crippen LogP contribution in [0.2, 0.25) is 0 Å². The summed E-state index contributed by atoms with van der Waals surface area (Å²) in [5.41, 5.74) is 2.30. The number of hydrogen-bond acceptors (Lipinski definition) is 4. The lowest BCUT2D eigenvalue weighted by Gasteiger charge is -2.37. The monoisotopic (exact) mass is 362 g/mol. The molecule has 2 heterocycles. The van der Waals surface area contributed by atoms with E-state index >= 15 is 0 Å². The lowest BCUT2D eigenvalue weighted by atomic mass is 9.78. The molecule has 0 saturated heterocycles. The minimum Gasteiger partial charge on any atom is -0.385 e. The van der Waals surface area contributed by atoms with Crippen LogP contribution in [-0.4, -0.2) is 25.9 Å². The van der Waals surface area contributed by atoms with Gasteiger partial charge in [-0.2, -0.15) is 5.10 Å². The third-order valence-electron chi connectivity index (χ3n) is 5.42. The maximum absolute atomic E-state index is 11.0. The number of nitrogens with zero attached hydrogens (tertiary/aromatic N) is 3. The maximum Gasteiger partial charge on any atom is 0.125 e. The molecule has 1 aliphatic rings. The van der Waals surface area contributed by atoms with Crippen molar-refractivity contribution in [3.63, 3.8) is 0 Å². The molecule has 2 aromatic heterocycles. The Morgan fingerprint density at radius 3 is 2.56 bits per heavy atom. The summed E-state index contributed by atoms with van der Waals surface area (Å²) in [5.74, 6) is 1.02. The molecule has 0 bridgehead atoms. The number of pyridine rings is 1. The van der Waals surface area contributed by atoms with Crippen molar-refractivity contribution in [3.05, 3.63) is 77.7 Å². The Balaban J connectivity index is 1.42. The number of aryl methyl sites for hydroxylation is 1. The van der Waals surface area contributed by atoms with Crippen LogP contribution in [0.3, 0.4) is 0 Å². The molecule has 3 aromatic rings. The third-order valence-corrected chi connectivity index (χ3v) is 5.42. The molecule has 0 atom stereocenters. The fraction of sp³-hybridized carbons (Fsp3) is 0.364. The van der Waals surface area contributed by atoms with Gasteiger partial charge in [-0.05, 0) is 50.3 Å². The Kier molecular flexibility index (Phi) is 4.94. The Morgan fingerprint density at radius 1 is 1.11 bits per heavy atom. The Bertz CT molecular complexity index is 868. The SMILES string of the molecule is Cc1cc(NC2CCC(O)(c3ccccc3)CC2)n(Cc2ccccn2)n1. The molecule has 5 heteroatoms. The Labute approximate surface area is 160 Å². The van der Waals surface area contributed by atoms with Crippen LogP contribution in [0.1, 0.15) is 42.6 Å². The highest BCUT2D eigenvalue weighted by atomic mass is 16.3. The van der Waals surface area contributed by atoms with Crippen molar-refractivity contribution in [3.8, 4) is 0 Å². The summed E-state index contributed by atoms with van der Waals surface area (Å²) < 4.78 is 1.98. The van der Waals surface area contributed by atoms with E-state index in [2.05, 4.69) is 21.5 Å². The highest BCUT2D eigenvalue weighted by Crippen LogP contribution is 2.37. The van der Waals surface area contributed by atoms with E-state index in [0.717, 1.165) is 48.5 Å². The molecular formula is C22H26N4O. The first-order valence-corrected chi connectivity index (χ1v) is 9.61. The predicted octanol–water partition coefficient (Wildman–Crippen LogP) is 3.88. The second-order valence-corrected chi connectivity index (χ2v) is 7.47. The van der Waals surface area contributed by atoms with Gasteiger partial charge in [0.2, 0.25) is 0 Å². The van der Waals surface area contributed by atoms with Gasteiger partial charge >= 0.3 is 0 Å². The molecule has 5 nitrogen and oxygen atoms in total. The molecule has 140 valence electrons. The highest BCUT2D eigenvalue weighted by Gasteiger charge is 2.34. The highest BCUT2D eigenvalue weighted by molar-refractivity contribution is 5.39. The van der Waals surface area contributed by atoms with Gasteiger partial charge in [-0.25, -0.2) is 4.68 Å². The van der Waals surface area contributed by atoms with Crippen LogP contribution in [0.5, 0.6) is 0 Å². The van der Waals surface area contributed by atoms with Crippen molar-refractivity contribution >= 4 is 5.82 Å². The number of anilines is 1. The topological polar surface area (TPSA) is 63.0 Å². The van der Waals surface area contributed by atoms with E-state index in [1.165, 1.54) is 0 Å². The van der Waals surface area contributed by atoms with Gasteiger partial charge in [0.15, 0.2) is 0 Å². The van der Waals surface area contributed by atoms with Crippen molar-refractivity contribution in [1.82, 2.24) is 14.8 Å². The van der Waals surface area contributed by atoms with Crippen LogP contribution in [0.4, 0.5) is 5.82 Å². The minimum absolute atomic E-state index is 0.340. The number of hydrogen-bond donors (Lipinski definition) is 2. The third kappa shape index (κ3) is 4.03. The molecule has 0 amide bonds. The van der Waals surface area contributed by atoms with Crippen LogP contribution in [0, 0.1) is 6.92 Å². The van der Waals surface area contributed by atoms with E-state index in [0.29, 0.717) is 12.6 Å². The van der Waals surface area contributed by atoms with Gasteiger partial charge in [0.25, 0.3) is 0 Å². The fourth-order valence-electron chi connectivity index (χ4n) is 3.91. The van der Waals surface area contributed by atoms with Crippen LogP contribution in [0.15, 0.2) is 60.8 Å². The first-order valence-electron chi connectivity index (χ1n) is 9.61. The van der Waals surface area contributed by atoms with Crippen LogP contribution in [0.25, 0.3) is 0 Å². The number of benzene rings is 1. The summed E-state index contributed by atoms with van der Waals surface area (Å²) in [7, 11) is 0. The second-order valence-electron chi connectivity index (χ2n) is 7.47. The molecule has 4 rings (SSSR count). The average molecular weight is 362 g/mol. The van der Waals surface area contributed by atoms with Gasteiger partial charge in [-0.15, -0.1) is 0 Å². The molecular weight excluding hydrogens is 336 g/mol. The standard InChI is InChI=1S/C22H26N4O/c1-17-15-21(26(25-17)16-20-9-5-6-14-23-20)24-19-10-12-22(27,13-11-19)18-7-3-2-4-8-18/h2-9,14-15,19,24,27H,10-13,16H2,1H3. The molecule has 0 aliphatic heterocycles. The van der Waals surface area contributed by atoms with Crippen molar-refractivity contribution in [2.24, 2.45) is 0 Å². The molecule has 0 spiro atoms. The molecule has 1 aliphatic carbocycles. The van der Waals surface area contributed by atoms with Gasteiger partial charge in [0.1, 0.15) is 5.82 Å². The summed E-state index contributed by atoms with van der Waals surface area (Å²) in [6.45, 7) is 2.66. The number of rotatable bonds is 5. The van der Waals surface area contributed by atoms with E-state index in [4.69, 9.17) is 0 Å². The molecule has 1 aromatic carbocycles. The lowest BCUT2D eigenvalue weighted by molar-refractivity contribution is -0.00336. The zero-order valence-electron chi connectivity index (χ0n) is 15.7. The zero-order chi connectivity index (χ0) is 18.7. The molecule has 0 unspecified atom stereocenters. The second kappa shape index (κ2) is 7.53. The minimum atomic E-state index is -0.705. The Hall–Kier alpha value is -2.66. The summed E-state index contributed by atoms with van der Waals surface area (Å²) in [4.78, 5) is 4.40. The fourth-order valence-corrected chi connectivity index (χ4v) is 3.91. The van der Waals surface area contributed by atoms with Gasteiger partial charge in [0.05, 0.1) is 23.5 Å². The van der Waals surface area contributed by atoms with Crippen molar-refractivity contribution < 1.29 is 5.11 Å². The van der Waals surface area contributed by atoms with Crippen LogP contribution >= 0.6 is 0 Å². The average Bonchev–Trinajstić information content (AvgIpc) is 3.04. The van der Waals surface area contributed by atoms with E-state index in [1.807, 2.05) is 66.3 Å². The van der Waals surface area contributed by atoms with E-state index in [9.17, 15) is 5.11 Å². The normalized spacial score (nSPS) is 22.5. The smallest absolute Gasteiger partial charge is 0.125 e. The predicted molar refractivity (Wildman–Crippen MR) is 107 cm³/mol. The Morgan fingerprint density at radius 2 is 1.85 bits per heavy atom.